The molecule has 0 fully saturated rings. The van der Waals surface area contributed by atoms with Crippen LogP contribution >= 0.6 is 0 Å². The van der Waals surface area contributed by atoms with Crippen LogP contribution in [0.15, 0.2) is 36.9 Å². The smallest absolute Gasteiger partial charge is 0.162 e. The molecule has 1 aromatic rings. The van der Waals surface area contributed by atoms with Crippen molar-refractivity contribution in [3.05, 3.63) is 36.9 Å². The van der Waals surface area contributed by atoms with Gasteiger partial charge in [-0.05, 0) is 25.1 Å². The second kappa shape index (κ2) is 2.80. The van der Waals surface area contributed by atoms with Gasteiger partial charge in [-0.1, -0.05) is 18.7 Å². The highest BCUT2D eigenvalue weighted by Gasteiger charge is 2.29. The molecule has 1 heterocycles. The minimum Gasteiger partial charge on any atom is -0.485 e. The van der Waals surface area contributed by atoms with Crippen LogP contribution in [-0.2, 0) is 0 Å². The molecule has 0 saturated carbocycles. The van der Waals surface area contributed by atoms with Crippen molar-refractivity contribution in [3.63, 3.8) is 0 Å². The third-order valence-electron chi connectivity index (χ3n) is 2.14. The number of rotatable bonds is 1. The van der Waals surface area contributed by atoms with Gasteiger partial charge in [0.25, 0.3) is 0 Å². The van der Waals surface area contributed by atoms with E-state index in [9.17, 15) is 0 Å². The molecule has 2 heteroatoms. The lowest BCUT2D eigenvalue weighted by Gasteiger charge is -2.32. The molecule has 2 rings (SSSR count). The molecular formula is C11H12O2. The fourth-order valence-corrected chi connectivity index (χ4v) is 1.26. The Morgan fingerprint density at radius 2 is 2.08 bits per heavy atom. The van der Waals surface area contributed by atoms with E-state index in [1.807, 2.05) is 31.2 Å². The zero-order valence-electron chi connectivity index (χ0n) is 7.62. The average Bonchev–Trinajstić information content (AvgIpc) is 2.18. The largest absolute Gasteiger partial charge is 0.485 e. The fourth-order valence-electron chi connectivity index (χ4n) is 1.26. The minimum atomic E-state index is -0.394. The van der Waals surface area contributed by atoms with Gasteiger partial charge >= 0.3 is 0 Å². The molecule has 0 N–H and O–H groups in total. The maximum absolute atomic E-state index is 5.73. The lowest BCUT2D eigenvalue weighted by Crippen LogP contribution is -2.39. The zero-order chi connectivity index (χ0) is 9.31. The molecule has 0 bridgehead atoms. The number of fused-ring (bicyclic) bond motifs is 1. The highest BCUT2D eigenvalue weighted by Crippen LogP contribution is 2.34. The highest BCUT2D eigenvalue weighted by molar-refractivity contribution is 5.41. The topological polar surface area (TPSA) is 18.5 Å². The van der Waals surface area contributed by atoms with Crippen molar-refractivity contribution in [3.8, 4) is 11.5 Å². The van der Waals surface area contributed by atoms with Gasteiger partial charge in [0.15, 0.2) is 17.1 Å². The number of para-hydroxylation sites is 2. The molecule has 1 unspecified atom stereocenters. The molecule has 1 aromatic carbocycles. The molecule has 2 nitrogen and oxygen atoms in total. The SMILES string of the molecule is C=CC1(C)COc2ccccc2O1. The minimum absolute atomic E-state index is 0.394. The fraction of sp³-hybridized carbons (Fsp3) is 0.273. The van der Waals surface area contributed by atoms with Gasteiger partial charge < -0.3 is 9.47 Å². The van der Waals surface area contributed by atoms with Crippen molar-refractivity contribution in [2.45, 2.75) is 12.5 Å². The summed E-state index contributed by atoms with van der Waals surface area (Å²) in [6.07, 6.45) is 1.77. The van der Waals surface area contributed by atoms with Crippen molar-refractivity contribution >= 4 is 0 Å². The second-order valence-electron chi connectivity index (χ2n) is 3.35. The van der Waals surface area contributed by atoms with Crippen LogP contribution in [0.5, 0.6) is 11.5 Å². The van der Waals surface area contributed by atoms with Crippen LogP contribution in [0, 0.1) is 0 Å². The van der Waals surface area contributed by atoms with Crippen LogP contribution in [0.4, 0.5) is 0 Å². The Bertz CT molecular complexity index is 333. The number of ether oxygens (including phenoxy) is 2. The van der Waals surface area contributed by atoms with Crippen LogP contribution < -0.4 is 9.47 Å². The highest BCUT2D eigenvalue weighted by atomic mass is 16.6. The van der Waals surface area contributed by atoms with E-state index in [4.69, 9.17) is 9.47 Å². The molecule has 1 aliphatic rings. The first kappa shape index (κ1) is 8.17. The Morgan fingerprint density at radius 1 is 1.38 bits per heavy atom. The van der Waals surface area contributed by atoms with E-state index in [0.717, 1.165) is 11.5 Å². The molecule has 0 spiro atoms. The Kier molecular flexibility index (Phi) is 1.76. The molecule has 0 aliphatic carbocycles. The summed E-state index contributed by atoms with van der Waals surface area (Å²) in [7, 11) is 0. The van der Waals surface area contributed by atoms with Gasteiger partial charge in [-0.2, -0.15) is 0 Å². The predicted molar refractivity (Wildman–Crippen MR) is 51.2 cm³/mol. The quantitative estimate of drug-likeness (QED) is 0.612. The number of hydrogen-bond donors (Lipinski definition) is 0. The second-order valence-corrected chi connectivity index (χ2v) is 3.35. The summed E-state index contributed by atoms with van der Waals surface area (Å²) >= 11 is 0. The van der Waals surface area contributed by atoms with Crippen molar-refractivity contribution < 1.29 is 9.47 Å². The van der Waals surface area contributed by atoms with Crippen LogP contribution in [0.1, 0.15) is 6.92 Å². The third kappa shape index (κ3) is 1.39. The predicted octanol–water partition coefficient (Wildman–Crippen LogP) is 2.40. The standard InChI is InChI=1S/C11H12O2/c1-3-11(2)8-12-9-6-4-5-7-10(9)13-11/h3-7H,1,8H2,2H3. The lowest BCUT2D eigenvalue weighted by atomic mass is 10.1. The van der Waals surface area contributed by atoms with Crippen molar-refractivity contribution in [2.75, 3.05) is 6.61 Å². The summed E-state index contributed by atoms with van der Waals surface area (Å²) in [4.78, 5) is 0. The summed E-state index contributed by atoms with van der Waals surface area (Å²) < 4.78 is 11.3. The molecule has 0 radical (unpaired) electrons. The van der Waals surface area contributed by atoms with E-state index in [1.54, 1.807) is 6.08 Å². The van der Waals surface area contributed by atoms with E-state index in [1.165, 1.54) is 0 Å². The molecule has 0 aromatic heterocycles. The molecule has 13 heavy (non-hydrogen) atoms. The number of benzene rings is 1. The van der Waals surface area contributed by atoms with E-state index in [0.29, 0.717) is 6.61 Å². The lowest BCUT2D eigenvalue weighted by molar-refractivity contribution is 0.0446. The molecule has 1 atom stereocenters. The summed E-state index contributed by atoms with van der Waals surface area (Å²) in [5.41, 5.74) is -0.394. The Labute approximate surface area is 77.8 Å². The van der Waals surface area contributed by atoms with Gasteiger partial charge in [0, 0.05) is 0 Å². The molecule has 0 saturated heterocycles. The zero-order valence-corrected chi connectivity index (χ0v) is 7.62. The molecule has 68 valence electrons. The van der Waals surface area contributed by atoms with E-state index in [2.05, 4.69) is 6.58 Å². The van der Waals surface area contributed by atoms with E-state index in [-0.39, 0.29) is 0 Å². The summed E-state index contributed by atoms with van der Waals surface area (Å²) in [5, 5.41) is 0. The molecule has 1 aliphatic heterocycles. The van der Waals surface area contributed by atoms with Crippen molar-refractivity contribution in [2.24, 2.45) is 0 Å². The maximum Gasteiger partial charge on any atom is 0.162 e. The Morgan fingerprint density at radius 3 is 2.77 bits per heavy atom. The van der Waals surface area contributed by atoms with Gasteiger partial charge in [0.05, 0.1) is 0 Å². The monoisotopic (exact) mass is 176 g/mol. The van der Waals surface area contributed by atoms with Crippen LogP contribution in [0.3, 0.4) is 0 Å². The van der Waals surface area contributed by atoms with Crippen molar-refractivity contribution in [1.29, 1.82) is 0 Å². The maximum atomic E-state index is 5.73. The first-order valence-corrected chi connectivity index (χ1v) is 4.28. The Hall–Kier alpha value is -1.44. The van der Waals surface area contributed by atoms with E-state index < -0.39 is 5.60 Å². The van der Waals surface area contributed by atoms with Crippen LogP contribution in [0.2, 0.25) is 0 Å². The molecular weight excluding hydrogens is 164 g/mol. The van der Waals surface area contributed by atoms with Gasteiger partial charge in [0.2, 0.25) is 0 Å². The number of hydrogen-bond acceptors (Lipinski definition) is 2. The Balaban J connectivity index is 2.34. The van der Waals surface area contributed by atoms with Gasteiger partial charge in [-0.15, -0.1) is 0 Å². The first-order valence-electron chi connectivity index (χ1n) is 4.28. The van der Waals surface area contributed by atoms with Gasteiger partial charge in [-0.3, -0.25) is 0 Å². The van der Waals surface area contributed by atoms with Crippen LogP contribution in [0.25, 0.3) is 0 Å². The van der Waals surface area contributed by atoms with E-state index >= 15 is 0 Å². The summed E-state index contributed by atoms with van der Waals surface area (Å²) in [6, 6.07) is 7.66. The average molecular weight is 176 g/mol. The summed E-state index contributed by atoms with van der Waals surface area (Å²) in [6.45, 7) is 6.20. The van der Waals surface area contributed by atoms with Crippen molar-refractivity contribution in [1.82, 2.24) is 0 Å². The summed E-state index contributed by atoms with van der Waals surface area (Å²) in [5.74, 6) is 1.60. The van der Waals surface area contributed by atoms with Crippen LogP contribution in [-0.4, -0.2) is 12.2 Å². The third-order valence-corrected chi connectivity index (χ3v) is 2.14. The normalized spacial score (nSPS) is 25.3. The van der Waals surface area contributed by atoms with Gasteiger partial charge in [0.1, 0.15) is 6.61 Å². The molecule has 0 amide bonds. The van der Waals surface area contributed by atoms with Gasteiger partial charge in [-0.25, -0.2) is 0 Å². The first-order chi connectivity index (χ1) is 6.23.